The van der Waals surface area contributed by atoms with E-state index in [1.54, 1.807) is 11.3 Å². The zero-order valence-corrected chi connectivity index (χ0v) is 18.0. The molecular weight excluding hydrogens is 370 g/mol. The first kappa shape index (κ1) is 21.9. The van der Waals surface area contributed by atoms with Crippen molar-refractivity contribution in [2.24, 2.45) is 4.99 Å². The lowest BCUT2D eigenvalue weighted by Crippen LogP contribution is -2.36. The Hall–Kier alpha value is -2.41. The van der Waals surface area contributed by atoms with E-state index < -0.39 is 0 Å². The number of guanidine groups is 1. The van der Waals surface area contributed by atoms with Crippen LogP contribution in [0.3, 0.4) is 0 Å². The monoisotopic (exact) mass is 401 g/mol. The lowest BCUT2D eigenvalue weighted by Gasteiger charge is -2.10. The lowest BCUT2D eigenvalue weighted by molar-refractivity contribution is 0.0953. The SMILES string of the molecule is CCCNC(=O)c1cccc(CN=C(NCC)NCc2nc(C(C)C)cs2)c1. The maximum Gasteiger partial charge on any atom is 0.251 e. The second-order valence-electron chi connectivity index (χ2n) is 6.83. The van der Waals surface area contributed by atoms with Gasteiger partial charge in [0.25, 0.3) is 5.91 Å². The number of amides is 1. The standard InChI is InChI=1S/C21H31N5OS/c1-5-10-23-20(27)17-9-7-8-16(11-17)12-24-21(22-6-2)25-13-19-26-18(14-28-19)15(3)4/h7-9,11,14-15H,5-6,10,12-13H2,1-4H3,(H,23,27)(H2,22,24,25). The molecule has 0 aliphatic heterocycles. The molecule has 0 aliphatic rings. The summed E-state index contributed by atoms with van der Waals surface area (Å²) in [5.74, 6) is 1.14. The molecule has 152 valence electrons. The van der Waals surface area contributed by atoms with Crippen molar-refractivity contribution in [2.45, 2.75) is 53.1 Å². The van der Waals surface area contributed by atoms with Gasteiger partial charge in [-0.2, -0.15) is 0 Å². The van der Waals surface area contributed by atoms with E-state index in [2.05, 4.69) is 45.2 Å². The Bertz CT molecular complexity index is 785. The van der Waals surface area contributed by atoms with Crippen LogP contribution in [0.1, 0.15) is 66.7 Å². The highest BCUT2D eigenvalue weighted by Gasteiger charge is 2.07. The van der Waals surface area contributed by atoms with E-state index in [9.17, 15) is 4.79 Å². The molecule has 3 N–H and O–H groups in total. The average Bonchev–Trinajstić information content (AvgIpc) is 3.18. The summed E-state index contributed by atoms with van der Waals surface area (Å²) in [4.78, 5) is 21.4. The van der Waals surface area contributed by atoms with Crippen LogP contribution in [-0.4, -0.2) is 29.9 Å². The van der Waals surface area contributed by atoms with Crippen molar-refractivity contribution in [3.05, 3.63) is 51.5 Å². The molecule has 0 aliphatic carbocycles. The van der Waals surface area contributed by atoms with Crippen LogP contribution in [-0.2, 0) is 13.1 Å². The molecule has 7 heteroatoms. The van der Waals surface area contributed by atoms with Gasteiger partial charge in [-0.1, -0.05) is 32.9 Å². The zero-order chi connectivity index (χ0) is 20.4. The van der Waals surface area contributed by atoms with Crippen molar-refractivity contribution < 1.29 is 4.79 Å². The molecule has 1 aromatic carbocycles. The highest BCUT2D eigenvalue weighted by Crippen LogP contribution is 2.17. The third kappa shape index (κ3) is 6.96. The number of rotatable bonds is 9. The van der Waals surface area contributed by atoms with Gasteiger partial charge in [0, 0.05) is 24.0 Å². The van der Waals surface area contributed by atoms with Crippen molar-refractivity contribution in [1.82, 2.24) is 20.9 Å². The number of carbonyl (C=O) groups excluding carboxylic acids is 1. The Labute approximate surface area is 171 Å². The molecule has 0 atom stereocenters. The van der Waals surface area contributed by atoms with Crippen molar-refractivity contribution in [3.8, 4) is 0 Å². The van der Waals surface area contributed by atoms with Gasteiger partial charge < -0.3 is 16.0 Å². The Balaban J connectivity index is 1.98. The summed E-state index contributed by atoms with van der Waals surface area (Å²) in [5, 5.41) is 12.6. The molecule has 1 aromatic heterocycles. The van der Waals surface area contributed by atoms with E-state index in [4.69, 9.17) is 0 Å². The Morgan fingerprint density at radius 3 is 2.71 bits per heavy atom. The predicted molar refractivity (Wildman–Crippen MR) is 117 cm³/mol. The normalized spacial score (nSPS) is 11.5. The van der Waals surface area contributed by atoms with E-state index in [0.29, 0.717) is 31.1 Å². The molecule has 28 heavy (non-hydrogen) atoms. The summed E-state index contributed by atoms with van der Waals surface area (Å²) >= 11 is 1.66. The highest BCUT2D eigenvalue weighted by molar-refractivity contribution is 7.09. The molecule has 0 spiro atoms. The molecule has 0 saturated carbocycles. The van der Waals surface area contributed by atoms with Crippen LogP contribution in [0, 0.1) is 0 Å². The fraction of sp³-hybridized carbons (Fsp3) is 0.476. The van der Waals surface area contributed by atoms with Crippen molar-refractivity contribution >= 4 is 23.2 Å². The van der Waals surface area contributed by atoms with Crippen LogP contribution in [0.5, 0.6) is 0 Å². The van der Waals surface area contributed by atoms with Gasteiger partial charge in [0.15, 0.2) is 5.96 Å². The molecule has 1 amide bonds. The molecular formula is C21H31N5OS. The van der Waals surface area contributed by atoms with Crippen LogP contribution in [0.2, 0.25) is 0 Å². The summed E-state index contributed by atoms with van der Waals surface area (Å²) in [6, 6.07) is 7.61. The van der Waals surface area contributed by atoms with Gasteiger partial charge in [0.2, 0.25) is 0 Å². The molecule has 0 unspecified atom stereocenters. The van der Waals surface area contributed by atoms with Gasteiger partial charge in [0.1, 0.15) is 5.01 Å². The number of nitrogens with one attached hydrogen (secondary N) is 3. The minimum absolute atomic E-state index is 0.0394. The maximum atomic E-state index is 12.1. The minimum atomic E-state index is -0.0394. The van der Waals surface area contributed by atoms with Gasteiger partial charge in [-0.15, -0.1) is 11.3 Å². The number of hydrogen-bond donors (Lipinski definition) is 3. The second kappa shape index (κ2) is 11.4. The van der Waals surface area contributed by atoms with E-state index in [-0.39, 0.29) is 5.91 Å². The lowest BCUT2D eigenvalue weighted by atomic mass is 10.1. The summed E-state index contributed by atoms with van der Waals surface area (Å²) in [5.41, 5.74) is 2.79. The number of benzene rings is 1. The van der Waals surface area contributed by atoms with Gasteiger partial charge >= 0.3 is 0 Å². The van der Waals surface area contributed by atoms with E-state index in [0.717, 1.165) is 35.2 Å². The molecule has 6 nitrogen and oxygen atoms in total. The van der Waals surface area contributed by atoms with Crippen molar-refractivity contribution in [3.63, 3.8) is 0 Å². The Morgan fingerprint density at radius 1 is 1.21 bits per heavy atom. The summed E-state index contributed by atoms with van der Waals surface area (Å²) in [6.45, 7) is 11.0. The van der Waals surface area contributed by atoms with Gasteiger partial charge in [-0.05, 0) is 37.0 Å². The number of nitrogens with zero attached hydrogens (tertiary/aromatic N) is 2. The number of carbonyl (C=O) groups is 1. The number of thiazole rings is 1. The first-order valence-corrected chi connectivity index (χ1v) is 10.7. The van der Waals surface area contributed by atoms with Crippen LogP contribution in [0.4, 0.5) is 0 Å². The average molecular weight is 402 g/mol. The molecule has 0 fully saturated rings. The Morgan fingerprint density at radius 2 is 2.04 bits per heavy atom. The highest BCUT2D eigenvalue weighted by atomic mass is 32.1. The second-order valence-corrected chi connectivity index (χ2v) is 7.77. The first-order valence-electron chi connectivity index (χ1n) is 9.87. The number of aromatic nitrogens is 1. The topological polar surface area (TPSA) is 78.4 Å². The minimum Gasteiger partial charge on any atom is -0.357 e. The molecule has 1 heterocycles. The summed E-state index contributed by atoms with van der Waals surface area (Å²) in [6.07, 6.45) is 0.922. The van der Waals surface area contributed by atoms with Crippen LogP contribution in [0.15, 0.2) is 34.6 Å². The summed E-state index contributed by atoms with van der Waals surface area (Å²) in [7, 11) is 0. The van der Waals surface area contributed by atoms with Crippen LogP contribution < -0.4 is 16.0 Å². The van der Waals surface area contributed by atoms with Gasteiger partial charge in [0.05, 0.1) is 18.8 Å². The number of hydrogen-bond acceptors (Lipinski definition) is 4. The Kier molecular flexibility index (Phi) is 8.94. The molecule has 2 aromatic rings. The van der Waals surface area contributed by atoms with Gasteiger partial charge in [-0.25, -0.2) is 9.98 Å². The zero-order valence-electron chi connectivity index (χ0n) is 17.2. The van der Waals surface area contributed by atoms with E-state index >= 15 is 0 Å². The molecule has 0 bridgehead atoms. The van der Waals surface area contributed by atoms with E-state index in [1.807, 2.05) is 38.1 Å². The largest absolute Gasteiger partial charge is 0.357 e. The predicted octanol–water partition coefficient (Wildman–Crippen LogP) is 3.66. The van der Waals surface area contributed by atoms with Gasteiger partial charge in [-0.3, -0.25) is 4.79 Å². The van der Waals surface area contributed by atoms with Crippen molar-refractivity contribution in [1.29, 1.82) is 0 Å². The fourth-order valence-electron chi connectivity index (χ4n) is 2.49. The van der Waals surface area contributed by atoms with E-state index in [1.165, 1.54) is 0 Å². The summed E-state index contributed by atoms with van der Waals surface area (Å²) < 4.78 is 0. The molecule has 0 saturated heterocycles. The number of aliphatic imine (C=N–C) groups is 1. The molecule has 2 rings (SSSR count). The maximum absolute atomic E-state index is 12.1. The van der Waals surface area contributed by atoms with Crippen LogP contribution in [0.25, 0.3) is 0 Å². The fourth-order valence-corrected chi connectivity index (χ4v) is 3.39. The third-order valence-corrected chi connectivity index (χ3v) is 4.92. The first-order chi connectivity index (χ1) is 13.5. The molecule has 0 radical (unpaired) electrons. The smallest absolute Gasteiger partial charge is 0.251 e. The van der Waals surface area contributed by atoms with Crippen LogP contribution >= 0.6 is 11.3 Å². The quantitative estimate of drug-likeness (QED) is 0.443. The van der Waals surface area contributed by atoms with Crippen molar-refractivity contribution in [2.75, 3.05) is 13.1 Å². The third-order valence-electron chi connectivity index (χ3n) is 4.06.